The van der Waals surface area contributed by atoms with Gasteiger partial charge in [-0.1, -0.05) is 27.7 Å². The monoisotopic (exact) mass is 279 g/mol. The van der Waals surface area contributed by atoms with Crippen LogP contribution >= 0.6 is 0 Å². The van der Waals surface area contributed by atoms with Gasteiger partial charge in [0.2, 0.25) is 0 Å². The lowest BCUT2D eigenvalue weighted by Crippen LogP contribution is -2.45. The summed E-state index contributed by atoms with van der Waals surface area (Å²) in [6.07, 6.45) is 6.74. The molecular weight excluding hydrogens is 246 g/mol. The minimum atomic E-state index is -0.304. The molecule has 0 radical (unpaired) electrons. The molecule has 1 fully saturated rings. The van der Waals surface area contributed by atoms with E-state index in [0.29, 0.717) is 5.41 Å². The molecule has 20 heavy (non-hydrogen) atoms. The summed E-state index contributed by atoms with van der Waals surface area (Å²) in [7, 11) is 0. The first kappa shape index (κ1) is 17.5. The van der Waals surface area contributed by atoms with Crippen LogP contribution in [-0.4, -0.2) is 36.6 Å². The molecule has 0 aliphatic carbocycles. The first-order chi connectivity index (χ1) is 9.47. The Bertz CT molecular complexity index is 319. The van der Waals surface area contributed by atoms with Gasteiger partial charge in [0.1, 0.15) is 5.54 Å². The summed E-state index contributed by atoms with van der Waals surface area (Å²) >= 11 is 0. The van der Waals surface area contributed by atoms with Crippen molar-refractivity contribution in [2.24, 2.45) is 5.41 Å². The lowest BCUT2D eigenvalue weighted by molar-refractivity contribution is 0.114. The predicted octanol–water partition coefficient (Wildman–Crippen LogP) is 3.56. The van der Waals surface area contributed by atoms with Crippen LogP contribution < -0.4 is 5.32 Å². The Morgan fingerprint density at radius 2 is 2.10 bits per heavy atom. The fourth-order valence-electron chi connectivity index (χ4n) is 3.27. The Morgan fingerprint density at radius 1 is 1.35 bits per heavy atom. The van der Waals surface area contributed by atoms with Crippen molar-refractivity contribution in [2.75, 3.05) is 26.2 Å². The summed E-state index contributed by atoms with van der Waals surface area (Å²) in [5.74, 6) is 0. The van der Waals surface area contributed by atoms with Crippen LogP contribution in [0.4, 0.5) is 0 Å². The highest BCUT2D eigenvalue weighted by Crippen LogP contribution is 2.28. The minimum Gasteiger partial charge on any atom is -0.303 e. The molecule has 3 nitrogen and oxygen atoms in total. The highest BCUT2D eigenvalue weighted by atomic mass is 15.1. The molecule has 0 aromatic carbocycles. The zero-order valence-electron chi connectivity index (χ0n) is 14.0. The Hall–Kier alpha value is -0.590. The van der Waals surface area contributed by atoms with Gasteiger partial charge in [0, 0.05) is 6.54 Å². The molecule has 1 aliphatic rings. The number of nitrogens with one attached hydrogen (secondary N) is 1. The zero-order valence-corrected chi connectivity index (χ0v) is 14.0. The molecule has 0 amide bonds. The van der Waals surface area contributed by atoms with Crippen LogP contribution in [0.2, 0.25) is 0 Å². The van der Waals surface area contributed by atoms with E-state index >= 15 is 0 Å². The van der Waals surface area contributed by atoms with Crippen LogP contribution in [0.1, 0.15) is 66.2 Å². The van der Waals surface area contributed by atoms with E-state index < -0.39 is 0 Å². The molecule has 1 unspecified atom stereocenters. The minimum absolute atomic E-state index is 0.304. The molecule has 0 bridgehead atoms. The van der Waals surface area contributed by atoms with E-state index in [1.807, 2.05) is 0 Å². The summed E-state index contributed by atoms with van der Waals surface area (Å²) in [5, 5.41) is 13.0. The number of piperidine rings is 1. The number of nitriles is 1. The van der Waals surface area contributed by atoms with Gasteiger partial charge in [-0.05, 0) is 63.6 Å². The molecule has 1 aliphatic heterocycles. The lowest BCUT2D eigenvalue weighted by atomic mass is 9.84. The van der Waals surface area contributed by atoms with Crippen LogP contribution in [0.25, 0.3) is 0 Å². The largest absolute Gasteiger partial charge is 0.303 e. The Balaban J connectivity index is 2.39. The third-order valence-corrected chi connectivity index (χ3v) is 4.59. The summed E-state index contributed by atoms with van der Waals surface area (Å²) in [5.41, 5.74) is 0.164. The second kappa shape index (κ2) is 8.00. The second-order valence-electron chi connectivity index (χ2n) is 7.12. The first-order valence-corrected chi connectivity index (χ1v) is 8.35. The molecule has 0 aromatic heterocycles. The van der Waals surface area contributed by atoms with Gasteiger partial charge in [0.25, 0.3) is 0 Å². The molecule has 1 saturated heterocycles. The van der Waals surface area contributed by atoms with E-state index in [0.717, 1.165) is 38.8 Å². The average molecular weight is 279 g/mol. The molecule has 116 valence electrons. The van der Waals surface area contributed by atoms with Crippen molar-refractivity contribution < 1.29 is 0 Å². The molecule has 1 heterocycles. The Morgan fingerprint density at radius 3 is 2.65 bits per heavy atom. The molecule has 3 heteroatoms. The van der Waals surface area contributed by atoms with Gasteiger partial charge in [0.15, 0.2) is 0 Å². The molecule has 0 aromatic rings. The normalized spacial score (nSPS) is 22.1. The molecule has 1 rings (SSSR count). The van der Waals surface area contributed by atoms with Crippen molar-refractivity contribution in [1.29, 1.82) is 5.26 Å². The van der Waals surface area contributed by atoms with Crippen molar-refractivity contribution in [3.05, 3.63) is 0 Å². The maximum Gasteiger partial charge on any atom is 0.106 e. The summed E-state index contributed by atoms with van der Waals surface area (Å²) in [6, 6.07) is 2.52. The van der Waals surface area contributed by atoms with Crippen molar-refractivity contribution in [3.8, 4) is 6.07 Å². The van der Waals surface area contributed by atoms with Gasteiger partial charge in [-0.3, -0.25) is 5.32 Å². The van der Waals surface area contributed by atoms with Gasteiger partial charge in [-0.25, -0.2) is 0 Å². The Labute approximate surface area is 125 Å². The third kappa shape index (κ3) is 5.42. The zero-order chi connectivity index (χ0) is 15.1. The van der Waals surface area contributed by atoms with E-state index in [9.17, 15) is 5.26 Å². The van der Waals surface area contributed by atoms with Crippen LogP contribution in [0.3, 0.4) is 0 Å². The third-order valence-electron chi connectivity index (χ3n) is 4.59. The summed E-state index contributed by atoms with van der Waals surface area (Å²) in [4.78, 5) is 2.58. The van der Waals surface area contributed by atoms with Gasteiger partial charge in [0.05, 0.1) is 6.07 Å². The van der Waals surface area contributed by atoms with E-state index in [1.54, 1.807) is 0 Å². The first-order valence-electron chi connectivity index (χ1n) is 8.35. The SMILES string of the molecule is CCCNC(C#N)(CC)CCCN1CCCC(C)(C)C1. The average Bonchev–Trinajstić information content (AvgIpc) is 2.42. The fourth-order valence-corrected chi connectivity index (χ4v) is 3.27. The summed E-state index contributed by atoms with van der Waals surface area (Å²) in [6.45, 7) is 13.5. The van der Waals surface area contributed by atoms with E-state index in [4.69, 9.17) is 0 Å². The quantitative estimate of drug-likeness (QED) is 0.738. The second-order valence-corrected chi connectivity index (χ2v) is 7.12. The molecular formula is C17H33N3. The van der Waals surface area contributed by atoms with Crippen molar-refractivity contribution in [1.82, 2.24) is 10.2 Å². The topological polar surface area (TPSA) is 39.1 Å². The van der Waals surface area contributed by atoms with Crippen LogP contribution in [0.5, 0.6) is 0 Å². The highest BCUT2D eigenvalue weighted by molar-refractivity contribution is 5.06. The number of nitrogens with zero attached hydrogens (tertiary/aromatic N) is 2. The van der Waals surface area contributed by atoms with E-state index in [1.165, 1.54) is 25.9 Å². The maximum atomic E-state index is 9.50. The summed E-state index contributed by atoms with van der Waals surface area (Å²) < 4.78 is 0. The number of likely N-dealkylation sites (tertiary alicyclic amines) is 1. The van der Waals surface area contributed by atoms with E-state index in [-0.39, 0.29) is 5.54 Å². The van der Waals surface area contributed by atoms with Crippen LogP contribution in [-0.2, 0) is 0 Å². The fraction of sp³-hybridized carbons (Fsp3) is 0.941. The Kier molecular flexibility index (Phi) is 6.99. The highest BCUT2D eigenvalue weighted by Gasteiger charge is 2.29. The van der Waals surface area contributed by atoms with Gasteiger partial charge < -0.3 is 4.90 Å². The number of rotatable bonds is 8. The number of hydrogen-bond acceptors (Lipinski definition) is 3. The van der Waals surface area contributed by atoms with Crippen molar-refractivity contribution >= 4 is 0 Å². The van der Waals surface area contributed by atoms with Crippen LogP contribution in [0.15, 0.2) is 0 Å². The molecule has 1 atom stereocenters. The van der Waals surface area contributed by atoms with E-state index in [2.05, 4.69) is 44.0 Å². The van der Waals surface area contributed by atoms with Crippen molar-refractivity contribution in [3.63, 3.8) is 0 Å². The molecule has 0 spiro atoms. The van der Waals surface area contributed by atoms with Gasteiger partial charge in [-0.2, -0.15) is 5.26 Å². The maximum absolute atomic E-state index is 9.50. The smallest absolute Gasteiger partial charge is 0.106 e. The molecule has 0 saturated carbocycles. The standard InChI is InChI=1S/C17H33N3/c1-5-11-19-17(6-2,14-18)10-8-13-20-12-7-9-16(3,4)15-20/h19H,5-13,15H2,1-4H3. The lowest BCUT2D eigenvalue weighted by Gasteiger charge is -2.38. The number of hydrogen-bond donors (Lipinski definition) is 1. The van der Waals surface area contributed by atoms with Crippen molar-refractivity contribution in [2.45, 2.75) is 71.8 Å². The van der Waals surface area contributed by atoms with Gasteiger partial charge in [-0.15, -0.1) is 0 Å². The molecule has 1 N–H and O–H groups in total. The van der Waals surface area contributed by atoms with Gasteiger partial charge >= 0.3 is 0 Å². The predicted molar refractivity (Wildman–Crippen MR) is 85.6 cm³/mol. The van der Waals surface area contributed by atoms with Crippen LogP contribution in [0, 0.1) is 16.7 Å².